The molecule has 5 rings (SSSR count). The Bertz CT molecular complexity index is 1240. The zero-order valence-corrected chi connectivity index (χ0v) is 22.5. The van der Waals surface area contributed by atoms with Crippen LogP contribution in [0.1, 0.15) is 72.6 Å². The van der Waals surface area contributed by atoms with Gasteiger partial charge >= 0.3 is 0 Å². The molecule has 3 unspecified atom stereocenters. The lowest BCUT2D eigenvalue weighted by atomic mass is 9.88. The third-order valence-corrected chi connectivity index (χ3v) is 9.25. The van der Waals surface area contributed by atoms with Gasteiger partial charge in [0.05, 0.1) is 34.9 Å². The van der Waals surface area contributed by atoms with Crippen molar-refractivity contribution in [1.82, 2.24) is 10.2 Å². The molecule has 198 valence electrons. The Morgan fingerprint density at radius 3 is 2.65 bits per heavy atom. The van der Waals surface area contributed by atoms with E-state index in [0.717, 1.165) is 47.3 Å². The number of guanidine groups is 1. The van der Waals surface area contributed by atoms with Crippen LogP contribution in [0.3, 0.4) is 0 Å². The zero-order valence-electron chi connectivity index (χ0n) is 21.7. The lowest BCUT2D eigenvalue weighted by Crippen LogP contribution is -2.49. The van der Waals surface area contributed by atoms with Crippen LogP contribution < -0.4 is 11.1 Å². The van der Waals surface area contributed by atoms with Gasteiger partial charge in [-0.05, 0) is 60.6 Å². The molecule has 2 aromatic rings. The normalized spacial score (nSPS) is 23.8. The minimum absolute atomic E-state index is 0.0659. The van der Waals surface area contributed by atoms with Gasteiger partial charge in [0.25, 0.3) is 5.91 Å². The highest BCUT2D eigenvalue weighted by molar-refractivity contribution is 7.85. The summed E-state index contributed by atoms with van der Waals surface area (Å²) in [7, 11) is 0.715. The maximum atomic E-state index is 12.6. The first-order chi connectivity index (χ1) is 17.7. The molecule has 0 radical (unpaired) electrons. The smallest absolute Gasteiger partial charge is 0.251 e. The Hall–Kier alpha value is -3.04. The second kappa shape index (κ2) is 11.1. The Morgan fingerprint density at radius 1 is 1.22 bits per heavy atom. The topological polar surface area (TPSA) is 125 Å². The largest absolute Gasteiger partial charge is 0.390 e. The molecular formula is C28H36N4O4S. The molecule has 8 nitrogen and oxygen atoms in total. The molecular weight excluding hydrogens is 488 g/mol. The van der Waals surface area contributed by atoms with Gasteiger partial charge in [-0.1, -0.05) is 38.1 Å². The number of benzene rings is 2. The van der Waals surface area contributed by atoms with Gasteiger partial charge in [0.1, 0.15) is 0 Å². The van der Waals surface area contributed by atoms with Gasteiger partial charge in [-0.2, -0.15) is 0 Å². The molecule has 2 heterocycles. The summed E-state index contributed by atoms with van der Waals surface area (Å²) >= 11 is 0. The number of aliphatic hydroxyl groups is 1. The standard InChI is InChI=1S/C19H19NO3S.C9H17N3O/c21-16-11-12-4-1-2-6-15(12)18(16)20-19(22)14-7-8-17-13(10-14)5-3-9-24(17)23;1-4-9(5-2)6-7(13)12(3)8(10)11-9/h1-2,4,6-8,10,16,18,21H,3,5,9,11H2,(H,20,22);4-6H2,1-3H3,(H2,10,11). The van der Waals surface area contributed by atoms with Crippen LogP contribution in [0.4, 0.5) is 0 Å². The number of hydrogen-bond acceptors (Lipinski definition) is 6. The van der Waals surface area contributed by atoms with E-state index in [2.05, 4.69) is 10.3 Å². The van der Waals surface area contributed by atoms with E-state index in [-0.39, 0.29) is 23.4 Å². The minimum Gasteiger partial charge on any atom is -0.390 e. The number of nitrogens with one attached hydrogen (secondary N) is 1. The van der Waals surface area contributed by atoms with Crippen LogP contribution in [-0.4, -0.2) is 56.4 Å². The number of hydrogen-bond donors (Lipinski definition) is 3. The molecule has 1 aliphatic carbocycles. The first kappa shape index (κ1) is 27.0. The molecule has 2 aliphatic heterocycles. The summed E-state index contributed by atoms with van der Waals surface area (Å²) in [5, 5.41) is 13.2. The summed E-state index contributed by atoms with van der Waals surface area (Å²) in [6, 6.07) is 12.8. The van der Waals surface area contributed by atoms with Crippen LogP contribution in [0.25, 0.3) is 0 Å². The maximum Gasteiger partial charge on any atom is 0.251 e. The first-order valence-electron chi connectivity index (χ1n) is 12.9. The van der Waals surface area contributed by atoms with Crippen LogP contribution in [0.5, 0.6) is 0 Å². The fraction of sp³-hybridized carbons (Fsp3) is 0.464. The number of nitrogens with zero attached hydrogens (tertiary/aromatic N) is 2. The zero-order chi connectivity index (χ0) is 26.7. The highest BCUT2D eigenvalue weighted by Crippen LogP contribution is 2.32. The molecule has 2 aromatic carbocycles. The number of rotatable bonds is 4. The Balaban J connectivity index is 0.000000209. The average Bonchev–Trinajstić information content (AvgIpc) is 3.22. The van der Waals surface area contributed by atoms with Crippen molar-refractivity contribution in [3.8, 4) is 0 Å². The maximum absolute atomic E-state index is 12.6. The molecule has 0 bridgehead atoms. The van der Waals surface area contributed by atoms with Crippen LogP contribution >= 0.6 is 0 Å². The van der Waals surface area contributed by atoms with Crippen molar-refractivity contribution in [2.45, 2.75) is 75.0 Å². The molecule has 4 N–H and O–H groups in total. The third kappa shape index (κ3) is 5.62. The monoisotopic (exact) mass is 524 g/mol. The van der Waals surface area contributed by atoms with E-state index in [1.54, 1.807) is 19.2 Å². The summed E-state index contributed by atoms with van der Waals surface area (Å²) in [5.74, 6) is 0.912. The first-order valence-corrected chi connectivity index (χ1v) is 14.2. The van der Waals surface area contributed by atoms with Crippen molar-refractivity contribution in [1.29, 1.82) is 0 Å². The molecule has 0 saturated carbocycles. The van der Waals surface area contributed by atoms with E-state index in [9.17, 15) is 18.9 Å². The Labute approximate surface area is 220 Å². The van der Waals surface area contributed by atoms with Gasteiger partial charge in [-0.25, -0.2) is 4.99 Å². The number of carbonyl (C=O) groups excluding carboxylic acids is 2. The summed E-state index contributed by atoms with van der Waals surface area (Å²) in [4.78, 5) is 30.8. The summed E-state index contributed by atoms with van der Waals surface area (Å²) in [6.07, 6.45) is 3.92. The van der Waals surface area contributed by atoms with Gasteiger partial charge < -0.3 is 16.2 Å². The van der Waals surface area contributed by atoms with E-state index in [1.807, 2.05) is 44.2 Å². The van der Waals surface area contributed by atoms with Gasteiger partial charge in [-0.15, -0.1) is 0 Å². The van der Waals surface area contributed by atoms with Gasteiger partial charge in [0.2, 0.25) is 5.91 Å². The van der Waals surface area contributed by atoms with E-state index in [4.69, 9.17) is 5.73 Å². The van der Waals surface area contributed by atoms with Gasteiger partial charge in [-0.3, -0.25) is 18.7 Å². The van der Waals surface area contributed by atoms with E-state index in [1.165, 1.54) is 4.90 Å². The number of aliphatic imine (C=N–C) groups is 1. The number of nitrogens with two attached hydrogens (primary N) is 1. The van der Waals surface area contributed by atoms with Crippen LogP contribution in [-0.2, 0) is 28.4 Å². The Kier molecular flexibility index (Phi) is 8.14. The highest BCUT2D eigenvalue weighted by Gasteiger charge is 2.35. The molecule has 0 saturated heterocycles. The van der Waals surface area contributed by atoms with Crippen molar-refractivity contribution in [2.24, 2.45) is 10.7 Å². The second-order valence-corrected chi connectivity index (χ2v) is 11.5. The third-order valence-electron chi connectivity index (χ3n) is 7.70. The summed E-state index contributed by atoms with van der Waals surface area (Å²) in [5.41, 5.74) is 9.03. The van der Waals surface area contributed by atoms with Crippen LogP contribution in [0.15, 0.2) is 52.4 Å². The quantitative estimate of drug-likeness (QED) is 0.567. The summed E-state index contributed by atoms with van der Waals surface area (Å²) in [6.45, 7) is 4.08. The minimum atomic E-state index is -0.948. The number of aryl methyl sites for hydroxylation is 1. The Morgan fingerprint density at radius 2 is 1.95 bits per heavy atom. The SMILES string of the molecule is CCC1(CC)CC(=O)N(C)C(N)=N1.O=C(NC1c2ccccc2CC1O)c1ccc2c(c1)CCCS2=O. The molecule has 0 aromatic heterocycles. The molecule has 0 spiro atoms. The predicted octanol–water partition coefficient (Wildman–Crippen LogP) is 2.85. The lowest BCUT2D eigenvalue weighted by molar-refractivity contribution is -0.128. The fourth-order valence-corrected chi connectivity index (χ4v) is 6.46. The van der Waals surface area contributed by atoms with Crippen LogP contribution in [0, 0.1) is 0 Å². The molecule has 3 atom stereocenters. The molecule has 9 heteroatoms. The van der Waals surface area contributed by atoms with E-state index >= 15 is 0 Å². The summed E-state index contributed by atoms with van der Waals surface area (Å²) < 4.78 is 12.0. The lowest BCUT2D eigenvalue weighted by Gasteiger charge is -2.34. The molecule has 37 heavy (non-hydrogen) atoms. The number of fused-ring (bicyclic) bond motifs is 2. The van der Waals surface area contributed by atoms with Crippen molar-refractivity contribution < 1.29 is 18.9 Å². The van der Waals surface area contributed by atoms with Crippen molar-refractivity contribution in [2.75, 3.05) is 12.8 Å². The van der Waals surface area contributed by atoms with Crippen molar-refractivity contribution >= 4 is 28.6 Å². The number of amides is 2. The average molecular weight is 525 g/mol. The van der Waals surface area contributed by atoms with E-state index in [0.29, 0.717) is 30.1 Å². The van der Waals surface area contributed by atoms with Gasteiger partial charge in [0, 0.05) is 29.7 Å². The van der Waals surface area contributed by atoms with E-state index < -0.39 is 16.9 Å². The van der Waals surface area contributed by atoms with Crippen LogP contribution in [0.2, 0.25) is 0 Å². The second-order valence-electron chi connectivity index (χ2n) is 9.93. The predicted molar refractivity (Wildman–Crippen MR) is 145 cm³/mol. The fourth-order valence-electron chi connectivity index (χ4n) is 5.16. The highest BCUT2D eigenvalue weighted by atomic mass is 32.2. The van der Waals surface area contributed by atoms with Crippen molar-refractivity contribution in [3.63, 3.8) is 0 Å². The van der Waals surface area contributed by atoms with Crippen molar-refractivity contribution in [3.05, 3.63) is 64.7 Å². The molecule has 2 amide bonds. The number of aliphatic hydroxyl groups excluding tert-OH is 1. The molecule has 3 aliphatic rings. The number of carbonyl (C=O) groups is 2. The molecule has 0 fully saturated rings. The van der Waals surface area contributed by atoms with Gasteiger partial charge in [0.15, 0.2) is 5.96 Å².